The lowest BCUT2D eigenvalue weighted by molar-refractivity contribution is -0.152. The van der Waals surface area contributed by atoms with Crippen molar-refractivity contribution in [3.8, 4) is 0 Å². The minimum absolute atomic E-state index is 0.0460. The molecule has 4 amide bonds. The zero-order valence-corrected chi connectivity index (χ0v) is 14.1. The lowest BCUT2D eigenvalue weighted by Gasteiger charge is -2.34. The SMILES string of the molecule is CN(C)c1cccc2c1C(=O)N(C1CCC(=O)N(CCO)C1=O)C2=O. The minimum Gasteiger partial charge on any atom is -0.395 e. The van der Waals surface area contributed by atoms with Crippen molar-refractivity contribution in [2.24, 2.45) is 0 Å². The molecule has 3 rings (SSSR count). The van der Waals surface area contributed by atoms with Gasteiger partial charge in [-0.25, -0.2) is 0 Å². The maximum atomic E-state index is 12.9. The van der Waals surface area contributed by atoms with E-state index in [-0.39, 0.29) is 37.1 Å². The van der Waals surface area contributed by atoms with Crippen molar-refractivity contribution in [1.82, 2.24) is 9.80 Å². The first kappa shape index (κ1) is 17.1. The molecule has 0 saturated carbocycles. The van der Waals surface area contributed by atoms with E-state index in [2.05, 4.69) is 0 Å². The second-order valence-electron chi connectivity index (χ2n) is 6.24. The van der Waals surface area contributed by atoms with E-state index in [1.807, 2.05) is 0 Å². The van der Waals surface area contributed by atoms with Crippen molar-refractivity contribution in [3.63, 3.8) is 0 Å². The molecule has 25 heavy (non-hydrogen) atoms. The Balaban J connectivity index is 1.98. The normalized spacial score (nSPS) is 20.4. The number of β-amino-alcohol motifs (C(OH)–C–C–N with tert-alkyl or cyclic N) is 1. The highest BCUT2D eigenvalue weighted by atomic mass is 16.3. The van der Waals surface area contributed by atoms with Crippen molar-refractivity contribution in [2.45, 2.75) is 18.9 Å². The van der Waals surface area contributed by atoms with Crippen LogP contribution in [0.2, 0.25) is 0 Å². The van der Waals surface area contributed by atoms with Crippen molar-refractivity contribution < 1.29 is 24.3 Å². The molecule has 8 nitrogen and oxygen atoms in total. The van der Waals surface area contributed by atoms with Gasteiger partial charge in [0.05, 0.1) is 24.3 Å². The Morgan fingerprint density at radius 1 is 1.16 bits per heavy atom. The van der Waals surface area contributed by atoms with Gasteiger partial charge in [-0.05, 0) is 18.6 Å². The zero-order chi connectivity index (χ0) is 18.3. The molecule has 1 saturated heterocycles. The molecule has 1 aromatic carbocycles. The van der Waals surface area contributed by atoms with Crippen molar-refractivity contribution in [3.05, 3.63) is 29.3 Å². The summed E-state index contributed by atoms with van der Waals surface area (Å²) in [5.74, 6) is -2.08. The van der Waals surface area contributed by atoms with Gasteiger partial charge in [-0.15, -0.1) is 0 Å². The number of hydrogen-bond donors (Lipinski definition) is 1. The number of hydrogen-bond acceptors (Lipinski definition) is 6. The first-order valence-electron chi connectivity index (χ1n) is 8.01. The molecule has 2 aliphatic heterocycles. The average Bonchev–Trinajstić information content (AvgIpc) is 2.83. The molecule has 0 bridgehead atoms. The predicted molar refractivity (Wildman–Crippen MR) is 88.1 cm³/mol. The van der Waals surface area contributed by atoms with E-state index in [9.17, 15) is 19.2 Å². The molecule has 0 aromatic heterocycles. The quantitative estimate of drug-likeness (QED) is 0.763. The summed E-state index contributed by atoms with van der Waals surface area (Å²) in [6, 6.07) is 3.96. The molecule has 0 radical (unpaired) electrons. The summed E-state index contributed by atoms with van der Waals surface area (Å²) in [6.45, 7) is -0.503. The lowest BCUT2D eigenvalue weighted by Crippen LogP contribution is -2.56. The van der Waals surface area contributed by atoms with Crippen LogP contribution in [-0.2, 0) is 9.59 Å². The summed E-state index contributed by atoms with van der Waals surface area (Å²) in [5, 5.41) is 9.05. The number of piperidine rings is 1. The molecule has 8 heteroatoms. The summed E-state index contributed by atoms with van der Waals surface area (Å²) in [6.07, 6.45) is 0.146. The Morgan fingerprint density at radius 3 is 2.52 bits per heavy atom. The van der Waals surface area contributed by atoms with Crippen LogP contribution in [0.5, 0.6) is 0 Å². The van der Waals surface area contributed by atoms with Crippen LogP contribution in [0.4, 0.5) is 5.69 Å². The summed E-state index contributed by atoms with van der Waals surface area (Å²) in [7, 11) is 3.53. The van der Waals surface area contributed by atoms with E-state index in [1.54, 1.807) is 37.2 Å². The fourth-order valence-corrected chi connectivity index (χ4v) is 3.34. The summed E-state index contributed by atoms with van der Waals surface area (Å²) >= 11 is 0. The number of nitrogens with zero attached hydrogens (tertiary/aromatic N) is 3. The first-order chi connectivity index (χ1) is 11.9. The Hall–Kier alpha value is -2.74. The van der Waals surface area contributed by atoms with Gasteiger partial charge in [-0.1, -0.05) is 6.07 Å². The van der Waals surface area contributed by atoms with Crippen LogP contribution >= 0.6 is 0 Å². The molecule has 2 heterocycles. The number of anilines is 1. The number of benzene rings is 1. The number of likely N-dealkylation sites (tertiary alicyclic amines) is 1. The topological polar surface area (TPSA) is 98.2 Å². The Labute approximate surface area is 144 Å². The van der Waals surface area contributed by atoms with E-state index in [0.717, 1.165) is 9.80 Å². The smallest absolute Gasteiger partial charge is 0.264 e. The Bertz CT molecular complexity index is 774. The molecule has 1 fully saturated rings. The minimum atomic E-state index is -1.02. The Kier molecular flexibility index (Phi) is 4.30. The van der Waals surface area contributed by atoms with Crippen LogP contribution in [0.1, 0.15) is 33.6 Å². The van der Waals surface area contributed by atoms with Crippen LogP contribution in [0.25, 0.3) is 0 Å². The van der Waals surface area contributed by atoms with Gasteiger partial charge in [-0.3, -0.25) is 29.0 Å². The fourth-order valence-electron chi connectivity index (χ4n) is 3.34. The van der Waals surface area contributed by atoms with Gasteiger partial charge in [0, 0.05) is 26.2 Å². The average molecular weight is 345 g/mol. The van der Waals surface area contributed by atoms with Gasteiger partial charge in [0.15, 0.2) is 0 Å². The highest BCUT2D eigenvalue weighted by molar-refractivity contribution is 6.25. The van der Waals surface area contributed by atoms with E-state index in [1.165, 1.54) is 0 Å². The summed E-state index contributed by atoms with van der Waals surface area (Å²) in [4.78, 5) is 53.8. The summed E-state index contributed by atoms with van der Waals surface area (Å²) in [5.41, 5.74) is 1.13. The van der Waals surface area contributed by atoms with Crippen LogP contribution in [0, 0.1) is 0 Å². The van der Waals surface area contributed by atoms with Gasteiger partial charge in [0.2, 0.25) is 5.91 Å². The molecule has 0 aliphatic carbocycles. The third-order valence-electron chi connectivity index (χ3n) is 4.53. The highest BCUT2D eigenvalue weighted by Crippen LogP contribution is 2.34. The van der Waals surface area contributed by atoms with Crippen molar-refractivity contribution in [1.29, 1.82) is 0 Å². The van der Waals surface area contributed by atoms with Gasteiger partial charge in [0.25, 0.3) is 17.7 Å². The highest BCUT2D eigenvalue weighted by Gasteiger charge is 2.47. The van der Waals surface area contributed by atoms with Crippen LogP contribution in [-0.4, -0.2) is 71.8 Å². The van der Waals surface area contributed by atoms with Crippen LogP contribution < -0.4 is 4.90 Å². The monoisotopic (exact) mass is 345 g/mol. The molecular formula is C17H19N3O5. The largest absolute Gasteiger partial charge is 0.395 e. The fraction of sp³-hybridized carbons (Fsp3) is 0.412. The zero-order valence-electron chi connectivity index (χ0n) is 14.1. The maximum Gasteiger partial charge on any atom is 0.264 e. The maximum absolute atomic E-state index is 12.9. The summed E-state index contributed by atoms with van der Waals surface area (Å²) < 4.78 is 0. The molecule has 1 aromatic rings. The van der Waals surface area contributed by atoms with Crippen LogP contribution in [0.15, 0.2) is 18.2 Å². The van der Waals surface area contributed by atoms with E-state index in [0.29, 0.717) is 5.69 Å². The first-order valence-corrected chi connectivity index (χ1v) is 8.01. The molecule has 0 spiro atoms. The second-order valence-corrected chi connectivity index (χ2v) is 6.24. The van der Waals surface area contributed by atoms with Gasteiger partial charge < -0.3 is 10.0 Å². The third-order valence-corrected chi connectivity index (χ3v) is 4.53. The number of fused-ring (bicyclic) bond motifs is 1. The van der Waals surface area contributed by atoms with Gasteiger partial charge in [0.1, 0.15) is 6.04 Å². The standard InChI is InChI=1S/C17H19N3O5/c1-18(2)11-5-3-4-10-14(11)17(25)20(15(10)23)12-6-7-13(22)19(8-9-21)16(12)24/h3-5,12,21H,6-9H2,1-2H3. The molecule has 132 valence electrons. The third kappa shape index (κ3) is 2.58. The number of carbonyl (C=O) groups excluding carboxylic acids is 4. The number of rotatable bonds is 4. The van der Waals surface area contributed by atoms with Crippen LogP contribution in [0.3, 0.4) is 0 Å². The molecular weight excluding hydrogens is 326 g/mol. The van der Waals surface area contributed by atoms with E-state index in [4.69, 9.17) is 5.11 Å². The van der Waals surface area contributed by atoms with Crippen molar-refractivity contribution >= 4 is 29.3 Å². The number of amides is 4. The second kappa shape index (κ2) is 6.29. The molecule has 1 atom stereocenters. The number of aliphatic hydroxyl groups is 1. The number of imide groups is 2. The van der Waals surface area contributed by atoms with E-state index < -0.39 is 29.7 Å². The Morgan fingerprint density at radius 2 is 1.88 bits per heavy atom. The predicted octanol–water partition coefficient (Wildman–Crippen LogP) is -0.141. The van der Waals surface area contributed by atoms with E-state index >= 15 is 0 Å². The number of carbonyl (C=O) groups is 4. The van der Waals surface area contributed by atoms with Gasteiger partial charge >= 0.3 is 0 Å². The van der Waals surface area contributed by atoms with Gasteiger partial charge in [-0.2, -0.15) is 0 Å². The molecule has 2 aliphatic rings. The number of aliphatic hydroxyl groups excluding tert-OH is 1. The van der Waals surface area contributed by atoms with Crippen molar-refractivity contribution in [2.75, 3.05) is 32.1 Å². The lowest BCUT2D eigenvalue weighted by atomic mass is 10.0. The molecule has 1 unspecified atom stereocenters. The molecule has 1 N–H and O–H groups in total.